The Morgan fingerprint density at radius 3 is 2.96 bits per heavy atom. The van der Waals surface area contributed by atoms with E-state index in [1.54, 1.807) is 19.1 Å². The van der Waals surface area contributed by atoms with Gasteiger partial charge in [-0.25, -0.2) is 4.39 Å². The molecule has 24 heavy (non-hydrogen) atoms. The third-order valence-electron chi connectivity index (χ3n) is 3.81. The molecule has 0 aromatic heterocycles. The number of fused-ring (bicyclic) bond motifs is 1. The Hall–Kier alpha value is -2.67. The smallest absolute Gasteiger partial charge is 0.292 e. The predicted molar refractivity (Wildman–Crippen MR) is 86.7 cm³/mol. The molecule has 0 amide bonds. The molecule has 6 nitrogen and oxygen atoms in total. The first kappa shape index (κ1) is 16.2. The maximum Gasteiger partial charge on any atom is 0.292 e. The highest BCUT2D eigenvalue weighted by molar-refractivity contribution is 5.62. The summed E-state index contributed by atoms with van der Waals surface area (Å²) < 4.78 is 24.3. The standard InChI is InChI=1S/C17H17FN2O4/c1-11-2-3-15(16(6-11)20(21)22)19-5-4-12-7-14(18)8-13-9-23-10-24-17(12)13/h2-3,6-8,19H,4-5,9-10H2,1H3. The molecule has 0 fully saturated rings. The zero-order chi connectivity index (χ0) is 17.1. The van der Waals surface area contributed by atoms with Crippen LogP contribution < -0.4 is 10.1 Å². The fraction of sp³-hybridized carbons (Fsp3) is 0.294. The Morgan fingerprint density at radius 2 is 2.17 bits per heavy atom. The molecule has 1 aliphatic rings. The van der Waals surface area contributed by atoms with E-state index >= 15 is 0 Å². The topological polar surface area (TPSA) is 73.6 Å². The minimum atomic E-state index is -0.417. The van der Waals surface area contributed by atoms with E-state index in [4.69, 9.17) is 9.47 Å². The van der Waals surface area contributed by atoms with Gasteiger partial charge < -0.3 is 14.8 Å². The van der Waals surface area contributed by atoms with Crippen LogP contribution in [0, 0.1) is 22.9 Å². The lowest BCUT2D eigenvalue weighted by molar-refractivity contribution is -0.384. The van der Waals surface area contributed by atoms with Crippen molar-refractivity contribution in [2.24, 2.45) is 0 Å². The van der Waals surface area contributed by atoms with Gasteiger partial charge in [0.25, 0.3) is 5.69 Å². The lowest BCUT2D eigenvalue weighted by atomic mass is 10.1. The van der Waals surface area contributed by atoms with Crippen LogP contribution in [-0.4, -0.2) is 18.3 Å². The second kappa shape index (κ2) is 6.84. The van der Waals surface area contributed by atoms with Crippen molar-refractivity contribution >= 4 is 11.4 Å². The van der Waals surface area contributed by atoms with E-state index in [9.17, 15) is 14.5 Å². The highest BCUT2D eigenvalue weighted by Crippen LogP contribution is 2.30. The number of nitro groups is 1. The number of rotatable bonds is 5. The van der Waals surface area contributed by atoms with Crippen LogP contribution in [0.25, 0.3) is 0 Å². The molecule has 0 unspecified atom stereocenters. The largest absolute Gasteiger partial charge is 0.467 e. The highest BCUT2D eigenvalue weighted by Gasteiger charge is 2.17. The minimum absolute atomic E-state index is 0.0286. The molecular weight excluding hydrogens is 315 g/mol. The van der Waals surface area contributed by atoms with E-state index in [1.165, 1.54) is 18.2 Å². The Balaban J connectivity index is 1.74. The Labute approximate surface area is 138 Å². The van der Waals surface area contributed by atoms with Gasteiger partial charge in [0.1, 0.15) is 17.3 Å². The van der Waals surface area contributed by atoms with Crippen molar-refractivity contribution in [3.05, 3.63) is 63.0 Å². The van der Waals surface area contributed by atoms with Crippen LogP contribution in [0.5, 0.6) is 5.75 Å². The molecule has 0 aliphatic carbocycles. The lowest BCUT2D eigenvalue weighted by Gasteiger charge is -2.21. The zero-order valence-electron chi connectivity index (χ0n) is 13.2. The molecule has 0 atom stereocenters. The number of nitrogens with zero attached hydrogens (tertiary/aromatic N) is 1. The van der Waals surface area contributed by atoms with Gasteiger partial charge in [0.05, 0.1) is 11.5 Å². The Morgan fingerprint density at radius 1 is 1.33 bits per heavy atom. The summed E-state index contributed by atoms with van der Waals surface area (Å²) in [4.78, 5) is 10.7. The quantitative estimate of drug-likeness (QED) is 0.669. The molecule has 126 valence electrons. The second-order valence-electron chi connectivity index (χ2n) is 5.62. The lowest BCUT2D eigenvalue weighted by Crippen LogP contribution is -2.15. The Kier molecular flexibility index (Phi) is 4.61. The molecule has 0 spiro atoms. The SMILES string of the molecule is Cc1ccc(NCCc2cc(F)cc3c2OCOC3)c([N+](=O)[O-])c1. The van der Waals surface area contributed by atoms with Crippen LogP contribution in [0.2, 0.25) is 0 Å². The minimum Gasteiger partial charge on any atom is -0.467 e. The number of aryl methyl sites for hydroxylation is 1. The van der Waals surface area contributed by atoms with Gasteiger partial charge in [-0.15, -0.1) is 0 Å². The number of hydrogen-bond acceptors (Lipinski definition) is 5. The molecule has 0 radical (unpaired) electrons. The summed E-state index contributed by atoms with van der Waals surface area (Å²) in [6.45, 7) is 2.68. The fourth-order valence-electron chi connectivity index (χ4n) is 2.72. The molecule has 0 saturated heterocycles. The van der Waals surface area contributed by atoms with Crippen molar-refractivity contribution in [1.82, 2.24) is 0 Å². The summed E-state index contributed by atoms with van der Waals surface area (Å²) in [6, 6.07) is 7.83. The number of anilines is 1. The van der Waals surface area contributed by atoms with Crippen LogP contribution in [-0.2, 0) is 17.8 Å². The average molecular weight is 332 g/mol. The molecule has 2 aromatic carbocycles. The first-order valence-corrected chi connectivity index (χ1v) is 7.55. The number of hydrogen-bond donors (Lipinski definition) is 1. The Bertz CT molecular complexity index is 779. The van der Waals surface area contributed by atoms with E-state index in [0.717, 1.165) is 11.1 Å². The van der Waals surface area contributed by atoms with Crippen LogP contribution in [0.1, 0.15) is 16.7 Å². The van der Waals surface area contributed by atoms with E-state index in [1.807, 2.05) is 0 Å². The molecule has 1 heterocycles. The van der Waals surface area contributed by atoms with Crippen molar-refractivity contribution in [1.29, 1.82) is 0 Å². The summed E-state index contributed by atoms with van der Waals surface area (Å²) in [5.74, 6) is 0.294. The van der Waals surface area contributed by atoms with Gasteiger partial charge in [0.2, 0.25) is 0 Å². The predicted octanol–water partition coefficient (Wildman–Crippen LogP) is 3.56. The van der Waals surface area contributed by atoms with Gasteiger partial charge in [-0.2, -0.15) is 0 Å². The maximum absolute atomic E-state index is 13.7. The summed E-state index contributed by atoms with van der Waals surface area (Å²) in [7, 11) is 0. The highest BCUT2D eigenvalue weighted by atomic mass is 19.1. The van der Waals surface area contributed by atoms with Crippen molar-refractivity contribution in [3.8, 4) is 5.75 Å². The maximum atomic E-state index is 13.7. The first-order valence-electron chi connectivity index (χ1n) is 7.55. The molecule has 7 heteroatoms. The number of nitro benzene ring substituents is 1. The second-order valence-corrected chi connectivity index (χ2v) is 5.62. The van der Waals surface area contributed by atoms with E-state index in [-0.39, 0.29) is 18.3 Å². The number of nitrogens with one attached hydrogen (secondary N) is 1. The molecule has 0 saturated carbocycles. The number of benzene rings is 2. The molecular formula is C17H17FN2O4. The van der Waals surface area contributed by atoms with Crippen LogP contribution in [0.3, 0.4) is 0 Å². The van der Waals surface area contributed by atoms with Crippen molar-refractivity contribution in [2.45, 2.75) is 20.0 Å². The number of ether oxygens (including phenoxy) is 2. The van der Waals surface area contributed by atoms with Crippen LogP contribution >= 0.6 is 0 Å². The molecule has 0 bridgehead atoms. The van der Waals surface area contributed by atoms with E-state index in [0.29, 0.717) is 36.6 Å². The molecule has 2 aromatic rings. The van der Waals surface area contributed by atoms with Crippen LogP contribution in [0.15, 0.2) is 30.3 Å². The zero-order valence-corrected chi connectivity index (χ0v) is 13.2. The van der Waals surface area contributed by atoms with Gasteiger partial charge in [0, 0.05) is 18.2 Å². The van der Waals surface area contributed by atoms with Gasteiger partial charge in [-0.05, 0) is 42.7 Å². The molecule has 1 N–H and O–H groups in total. The normalized spacial score (nSPS) is 13.1. The van der Waals surface area contributed by atoms with Crippen molar-refractivity contribution in [2.75, 3.05) is 18.7 Å². The summed E-state index contributed by atoms with van der Waals surface area (Å²) >= 11 is 0. The third kappa shape index (κ3) is 3.46. The third-order valence-corrected chi connectivity index (χ3v) is 3.81. The summed E-state index contributed by atoms with van der Waals surface area (Å²) in [5.41, 5.74) is 2.69. The summed E-state index contributed by atoms with van der Waals surface area (Å²) in [6.07, 6.45) is 0.477. The van der Waals surface area contributed by atoms with Crippen molar-refractivity contribution < 1.29 is 18.8 Å². The molecule has 3 rings (SSSR count). The van der Waals surface area contributed by atoms with Gasteiger partial charge in [-0.1, -0.05) is 6.07 Å². The van der Waals surface area contributed by atoms with Crippen molar-refractivity contribution in [3.63, 3.8) is 0 Å². The molecule has 1 aliphatic heterocycles. The number of halogens is 1. The van der Waals surface area contributed by atoms with E-state index < -0.39 is 4.92 Å². The van der Waals surface area contributed by atoms with Gasteiger partial charge in [-0.3, -0.25) is 10.1 Å². The average Bonchev–Trinajstić information content (AvgIpc) is 2.55. The van der Waals surface area contributed by atoms with E-state index in [2.05, 4.69) is 5.32 Å². The first-order chi connectivity index (χ1) is 11.5. The monoisotopic (exact) mass is 332 g/mol. The van der Waals surface area contributed by atoms with Crippen LogP contribution in [0.4, 0.5) is 15.8 Å². The fourth-order valence-corrected chi connectivity index (χ4v) is 2.72. The van der Waals surface area contributed by atoms with Gasteiger partial charge >= 0.3 is 0 Å². The summed E-state index contributed by atoms with van der Waals surface area (Å²) in [5, 5.41) is 14.2. The van der Waals surface area contributed by atoms with Gasteiger partial charge in [0.15, 0.2) is 6.79 Å².